The van der Waals surface area contributed by atoms with E-state index in [2.05, 4.69) is 0 Å². The van der Waals surface area contributed by atoms with Crippen LogP contribution in [-0.4, -0.2) is 18.1 Å². The first-order valence-corrected chi connectivity index (χ1v) is 5.82. The van der Waals surface area contributed by atoms with E-state index in [-0.39, 0.29) is 16.0 Å². The van der Waals surface area contributed by atoms with E-state index in [9.17, 15) is 13.5 Å². The standard InChI is InChI=1S/C10H9NO4S/c11-9-3-1-2-7-8(9)4-6(12)5-10(7)16(13,14)15/h1-5,12H,11H2,(H,13,14,15). The van der Waals surface area contributed by atoms with Gasteiger partial charge in [0, 0.05) is 22.5 Å². The predicted octanol–water partition coefficient (Wildman–Crippen LogP) is 1.37. The van der Waals surface area contributed by atoms with Gasteiger partial charge in [-0.05, 0) is 12.1 Å². The van der Waals surface area contributed by atoms with Gasteiger partial charge in [0.05, 0.1) is 0 Å². The average molecular weight is 239 g/mol. The molecule has 0 saturated heterocycles. The van der Waals surface area contributed by atoms with Gasteiger partial charge < -0.3 is 10.8 Å². The molecule has 0 atom stereocenters. The summed E-state index contributed by atoms with van der Waals surface area (Å²) in [6.45, 7) is 0. The van der Waals surface area contributed by atoms with E-state index in [1.165, 1.54) is 12.1 Å². The van der Waals surface area contributed by atoms with Crippen molar-refractivity contribution in [2.75, 3.05) is 5.73 Å². The second-order valence-electron chi connectivity index (χ2n) is 3.36. The molecule has 16 heavy (non-hydrogen) atoms. The Bertz CT molecular complexity index is 664. The van der Waals surface area contributed by atoms with Gasteiger partial charge in [-0.3, -0.25) is 4.55 Å². The molecule has 2 aromatic carbocycles. The molecule has 0 aromatic heterocycles. The van der Waals surface area contributed by atoms with Gasteiger partial charge in [0.1, 0.15) is 10.6 Å². The Hall–Kier alpha value is -1.79. The molecule has 0 saturated carbocycles. The number of benzene rings is 2. The molecule has 0 fully saturated rings. The molecule has 0 bridgehead atoms. The fourth-order valence-corrected chi connectivity index (χ4v) is 2.30. The number of hydrogen-bond donors (Lipinski definition) is 3. The minimum atomic E-state index is -4.38. The largest absolute Gasteiger partial charge is 0.508 e. The van der Waals surface area contributed by atoms with Crippen LogP contribution in [-0.2, 0) is 10.1 Å². The summed E-state index contributed by atoms with van der Waals surface area (Å²) in [7, 11) is -4.38. The van der Waals surface area contributed by atoms with Crippen molar-refractivity contribution in [1.29, 1.82) is 0 Å². The number of nitrogen functional groups attached to an aromatic ring is 1. The summed E-state index contributed by atoms with van der Waals surface area (Å²) >= 11 is 0. The molecule has 0 radical (unpaired) electrons. The number of phenols is 1. The van der Waals surface area contributed by atoms with Crippen LogP contribution in [0.2, 0.25) is 0 Å². The van der Waals surface area contributed by atoms with Crippen molar-refractivity contribution in [3.63, 3.8) is 0 Å². The smallest absolute Gasteiger partial charge is 0.295 e. The van der Waals surface area contributed by atoms with Crippen molar-refractivity contribution < 1.29 is 18.1 Å². The van der Waals surface area contributed by atoms with E-state index in [4.69, 9.17) is 10.3 Å². The van der Waals surface area contributed by atoms with E-state index in [1.807, 2.05) is 0 Å². The molecule has 6 heteroatoms. The van der Waals surface area contributed by atoms with Crippen LogP contribution in [0.5, 0.6) is 5.75 Å². The maximum absolute atomic E-state index is 11.1. The minimum Gasteiger partial charge on any atom is -0.508 e. The van der Waals surface area contributed by atoms with Crippen molar-refractivity contribution in [3.8, 4) is 5.75 Å². The van der Waals surface area contributed by atoms with E-state index in [1.54, 1.807) is 12.1 Å². The summed E-state index contributed by atoms with van der Waals surface area (Å²) < 4.78 is 31.3. The topological polar surface area (TPSA) is 101 Å². The van der Waals surface area contributed by atoms with Crippen LogP contribution in [0.25, 0.3) is 10.8 Å². The predicted molar refractivity (Wildman–Crippen MR) is 59.8 cm³/mol. The molecule has 0 spiro atoms. The lowest BCUT2D eigenvalue weighted by Gasteiger charge is -2.06. The lowest BCUT2D eigenvalue weighted by Crippen LogP contribution is -2.00. The van der Waals surface area contributed by atoms with Crippen LogP contribution in [0.3, 0.4) is 0 Å². The fraction of sp³-hybridized carbons (Fsp3) is 0. The summed E-state index contributed by atoms with van der Waals surface area (Å²) in [6, 6.07) is 6.99. The van der Waals surface area contributed by atoms with Crippen LogP contribution in [0.1, 0.15) is 0 Å². The van der Waals surface area contributed by atoms with Crippen LogP contribution in [0.4, 0.5) is 5.69 Å². The summed E-state index contributed by atoms with van der Waals surface area (Å²) in [5.41, 5.74) is 5.98. The molecular weight excluding hydrogens is 230 g/mol. The lowest BCUT2D eigenvalue weighted by molar-refractivity contribution is 0.468. The SMILES string of the molecule is Nc1cccc2c(S(=O)(=O)O)cc(O)cc12. The first-order chi connectivity index (χ1) is 7.39. The lowest BCUT2D eigenvalue weighted by atomic mass is 10.1. The highest BCUT2D eigenvalue weighted by Gasteiger charge is 2.16. The van der Waals surface area contributed by atoms with E-state index < -0.39 is 10.1 Å². The van der Waals surface area contributed by atoms with Crippen LogP contribution < -0.4 is 5.73 Å². The van der Waals surface area contributed by atoms with Gasteiger partial charge in [0.25, 0.3) is 10.1 Å². The molecular formula is C10H9NO4S. The second kappa shape index (κ2) is 3.36. The molecule has 0 amide bonds. The van der Waals surface area contributed by atoms with Gasteiger partial charge in [-0.1, -0.05) is 12.1 Å². The highest BCUT2D eigenvalue weighted by atomic mass is 32.2. The third-order valence-corrected chi connectivity index (χ3v) is 3.15. The number of nitrogens with two attached hydrogens (primary N) is 1. The zero-order valence-electron chi connectivity index (χ0n) is 8.08. The Morgan fingerprint density at radius 2 is 1.81 bits per heavy atom. The Morgan fingerprint density at radius 1 is 1.12 bits per heavy atom. The summed E-state index contributed by atoms with van der Waals surface area (Å²) in [5, 5.41) is 10.0. The van der Waals surface area contributed by atoms with E-state index in [0.29, 0.717) is 11.1 Å². The number of phenolic OH excluding ortho intramolecular Hbond substituents is 1. The van der Waals surface area contributed by atoms with E-state index >= 15 is 0 Å². The number of aromatic hydroxyl groups is 1. The van der Waals surface area contributed by atoms with Crippen molar-refractivity contribution in [3.05, 3.63) is 30.3 Å². The van der Waals surface area contributed by atoms with Crippen LogP contribution in [0.15, 0.2) is 35.2 Å². The van der Waals surface area contributed by atoms with Gasteiger partial charge in [0.15, 0.2) is 0 Å². The van der Waals surface area contributed by atoms with Gasteiger partial charge in [0.2, 0.25) is 0 Å². The quantitative estimate of drug-likeness (QED) is 0.515. The van der Waals surface area contributed by atoms with Gasteiger partial charge in [-0.2, -0.15) is 8.42 Å². The number of anilines is 1. The summed E-state index contributed by atoms with van der Waals surface area (Å²) in [4.78, 5) is -0.352. The molecule has 0 unspecified atom stereocenters. The Balaban J connectivity index is 3.01. The number of hydrogen-bond acceptors (Lipinski definition) is 4. The average Bonchev–Trinajstić information content (AvgIpc) is 2.17. The Labute approximate surface area is 91.9 Å². The second-order valence-corrected chi connectivity index (χ2v) is 4.75. The van der Waals surface area contributed by atoms with Crippen molar-refractivity contribution >= 4 is 26.6 Å². The third kappa shape index (κ3) is 1.68. The number of fused-ring (bicyclic) bond motifs is 1. The number of rotatable bonds is 1. The monoisotopic (exact) mass is 239 g/mol. The molecule has 4 N–H and O–H groups in total. The van der Waals surface area contributed by atoms with Crippen molar-refractivity contribution in [1.82, 2.24) is 0 Å². The normalized spacial score (nSPS) is 11.8. The molecule has 0 aliphatic carbocycles. The molecule has 5 nitrogen and oxygen atoms in total. The zero-order chi connectivity index (χ0) is 11.9. The van der Waals surface area contributed by atoms with E-state index in [0.717, 1.165) is 6.07 Å². The van der Waals surface area contributed by atoms with Gasteiger partial charge >= 0.3 is 0 Å². The summed E-state index contributed by atoms with van der Waals surface area (Å²) in [5.74, 6) is -0.266. The minimum absolute atomic E-state index is 0.266. The third-order valence-electron chi connectivity index (χ3n) is 2.25. The fourth-order valence-electron chi connectivity index (χ4n) is 1.57. The Morgan fingerprint density at radius 3 is 2.44 bits per heavy atom. The molecule has 84 valence electrons. The maximum atomic E-state index is 11.1. The molecule has 0 heterocycles. The molecule has 2 aromatic rings. The van der Waals surface area contributed by atoms with Crippen molar-refractivity contribution in [2.45, 2.75) is 4.90 Å². The van der Waals surface area contributed by atoms with Crippen LogP contribution in [0, 0.1) is 0 Å². The highest BCUT2D eigenvalue weighted by molar-refractivity contribution is 7.86. The highest BCUT2D eigenvalue weighted by Crippen LogP contribution is 2.31. The molecule has 0 aliphatic heterocycles. The molecule has 2 rings (SSSR count). The Kier molecular flexibility index (Phi) is 2.25. The molecule has 0 aliphatic rings. The zero-order valence-corrected chi connectivity index (χ0v) is 8.90. The van der Waals surface area contributed by atoms with Gasteiger partial charge in [-0.25, -0.2) is 0 Å². The first-order valence-electron chi connectivity index (χ1n) is 4.38. The summed E-state index contributed by atoms with van der Waals surface area (Å²) in [6.07, 6.45) is 0. The first kappa shape index (κ1) is 10.7. The van der Waals surface area contributed by atoms with Crippen LogP contribution >= 0.6 is 0 Å². The van der Waals surface area contributed by atoms with Crippen molar-refractivity contribution in [2.24, 2.45) is 0 Å². The maximum Gasteiger partial charge on any atom is 0.295 e. The van der Waals surface area contributed by atoms with Gasteiger partial charge in [-0.15, -0.1) is 0 Å².